The fourth-order valence-corrected chi connectivity index (χ4v) is 5.54. The number of fused-ring (bicyclic) bond motifs is 1. The van der Waals surface area contributed by atoms with E-state index in [2.05, 4.69) is 4.98 Å². The van der Waals surface area contributed by atoms with E-state index < -0.39 is 11.4 Å². The minimum atomic E-state index is -0.702. The number of nitrogens with zero attached hydrogens (tertiary/aromatic N) is 3. The number of hydrogen-bond acceptors (Lipinski definition) is 4. The molecule has 1 aliphatic heterocycles. The Morgan fingerprint density at radius 2 is 1.73 bits per heavy atom. The van der Waals surface area contributed by atoms with E-state index in [0.717, 1.165) is 5.56 Å². The highest BCUT2D eigenvalue weighted by Gasteiger charge is 2.51. The Morgan fingerprint density at radius 1 is 1.06 bits per heavy atom. The number of nitrogens with one attached hydrogen (secondary N) is 1. The minimum Gasteiger partial charge on any atom is -0.441 e. The molecule has 0 spiro atoms. The second-order valence-corrected chi connectivity index (χ2v) is 9.39. The summed E-state index contributed by atoms with van der Waals surface area (Å²) in [5, 5.41) is 9.07. The molecule has 1 saturated carbocycles. The molecule has 170 valence electrons. The average Bonchev–Trinajstić information content (AvgIpc) is 3.26. The van der Waals surface area contributed by atoms with Crippen molar-refractivity contribution in [3.8, 4) is 6.07 Å². The third-order valence-corrected chi connectivity index (χ3v) is 6.99. The van der Waals surface area contributed by atoms with Crippen LogP contribution >= 0.6 is 0 Å². The molecule has 0 unspecified atom stereocenters. The number of rotatable bonds is 3. The Bertz CT molecular complexity index is 1310. The molecule has 8 heteroatoms. The van der Waals surface area contributed by atoms with Gasteiger partial charge in [-0.25, -0.2) is 14.0 Å². The number of H-pyrrole nitrogens is 1. The van der Waals surface area contributed by atoms with Crippen LogP contribution in [0.4, 0.5) is 9.18 Å². The zero-order valence-corrected chi connectivity index (χ0v) is 18.5. The van der Waals surface area contributed by atoms with Crippen LogP contribution in [0.3, 0.4) is 0 Å². The molecule has 2 heterocycles. The Morgan fingerprint density at radius 3 is 2.39 bits per heavy atom. The molecule has 0 radical (unpaired) electrons. The van der Waals surface area contributed by atoms with Crippen molar-refractivity contribution in [3.63, 3.8) is 0 Å². The van der Waals surface area contributed by atoms with Crippen LogP contribution < -0.4 is 5.69 Å². The molecular formula is C25H25FN4O3. The molecule has 5 rings (SSSR count). The van der Waals surface area contributed by atoms with Gasteiger partial charge < -0.3 is 9.72 Å². The van der Waals surface area contributed by atoms with Crippen molar-refractivity contribution < 1.29 is 13.9 Å². The van der Waals surface area contributed by atoms with Crippen molar-refractivity contribution in [2.24, 2.45) is 0 Å². The number of imidazole rings is 1. The van der Waals surface area contributed by atoms with E-state index in [9.17, 15) is 14.0 Å². The largest absolute Gasteiger partial charge is 0.441 e. The van der Waals surface area contributed by atoms with E-state index >= 15 is 0 Å². The number of aromatic nitrogens is 2. The van der Waals surface area contributed by atoms with Crippen LogP contribution in [0, 0.1) is 17.1 Å². The van der Waals surface area contributed by atoms with Crippen molar-refractivity contribution in [3.05, 3.63) is 69.9 Å². The smallest absolute Gasteiger partial charge is 0.411 e. The van der Waals surface area contributed by atoms with Gasteiger partial charge in [0.15, 0.2) is 5.82 Å². The summed E-state index contributed by atoms with van der Waals surface area (Å²) < 4.78 is 21.9. The molecule has 2 fully saturated rings. The van der Waals surface area contributed by atoms with Crippen LogP contribution in [-0.4, -0.2) is 32.2 Å². The van der Waals surface area contributed by atoms with Gasteiger partial charge in [0, 0.05) is 12.1 Å². The van der Waals surface area contributed by atoms with Crippen molar-refractivity contribution in [1.82, 2.24) is 14.5 Å². The van der Waals surface area contributed by atoms with E-state index in [1.54, 1.807) is 16.7 Å². The molecule has 2 aromatic carbocycles. The second kappa shape index (κ2) is 7.77. The zero-order valence-electron chi connectivity index (χ0n) is 18.5. The van der Waals surface area contributed by atoms with Gasteiger partial charge in [-0.05, 0) is 57.2 Å². The fourth-order valence-electron chi connectivity index (χ4n) is 5.54. The number of cyclic esters (lactones) is 1. The Kier molecular flexibility index (Phi) is 5.00. The first-order valence-electron chi connectivity index (χ1n) is 11.2. The van der Waals surface area contributed by atoms with Gasteiger partial charge in [0.25, 0.3) is 0 Å². The molecule has 1 N–H and O–H groups in total. The number of hydrogen-bond donors (Lipinski definition) is 1. The summed E-state index contributed by atoms with van der Waals surface area (Å²) in [5.41, 5.74) is 0.429. The number of aromatic amines is 1. The Labute approximate surface area is 190 Å². The quantitative estimate of drug-likeness (QED) is 0.623. The minimum absolute atomic E-state index is 0.0106. The number of amides is 1. The summed E-state index contributed by atoms with van der Waals surface area (Å²) in [4.78, 5) is 30.0. The first-order chi connectivity index (χ1) is 15.8. The van der Waals surface area contributed by atoms with Crippen LogP contribution in [0.1, 0.15) is 62.7 Å². The number of nitriles is 1. The third-order valence-electron chi connectivity index (χ3n) is 6.99. The highest BCUT2D eigenvalue weighted by atomic mass is 19.1. The summed E-state index contributed by atoms with van der Waals surface area (Å²) in [5.74, 6) is -0.702. The molecule has 33 heavy (non-hydrogen) atoms. The van der Waals surface area contributed by atoms with Gasteiger partial charge in [-0.3, -0.25) is 9.47 Å². The first kappa shape index (κ1) is 21.3. The fraction of sp³-hybridized carbons (Fsp3) is 0.400. The van der Waals surface area contributed by atoms with E-state index in [0.29, 0.717) is 31.2 Å². The summed E-state index contributed by atoms with van der Waals surface area (Å²) in [6.45, 7) is 3.87. The highest BCUT2D eigenvalue weighted by Crippen LogP contribution is 2.45. The Hall–Kier alpha value is -3.60. The molecule has 1 atom stereocenters. The topological polar surface area (TPSA) is 91.1 Å². The van der Waals surface area contributed by atoms with Gasteiger partial charge in [-0.15, -0.1) is 0 Å². The number of benzene rings is 2. The van der Waals surface area contributed by atoms with Crippen LogP contribution in [0.15, 0.2) is 47.3 Å². The monoisotopic (exact) mass is 448 g/mol. The molecule has 0 bridgehead atoms. The maximum atomic E-state index is 14.6. The van der Waals surface area contributed by atoms with Gasteiger partial charge >= 0.3 is 11.8 Å². The molecule has 3 aromatic rings. The molecule has 1 aromatic heterocycles. The van der Waals surface area contributed by atoms with Crippen molar-refractivity contribution in [2.75, 3.05) is 0 Å². The number of halogens is 1. The summed E-state index contributed by atoms with van der Waals surface area (Å²) in [6.07, 6.45) is 2.44. The maximum absolute atomic E-state index is 14.6. The average molecular weight is 448 g/mol. The standard InChI is InChI=1S/C25H25FN4O3/c1-25(2)22(15-6-4-3-5-7-15)30(24(32)33-25)18-11-9-17(10-12-18)29-19-13-8-16(14-27)20(26)21(19)28-23(29)31/h3-8,13,17-18,22H,9-12H2,1-2H3,(H,28,31)/t17?,18?,22-/m0/s1. The molecular weight excluding hydrogens is 423 g/mol. The molecule has 1 saturated heterocycles. The lowest BCUT2D eigenvalue weighted by Gasteiger charge is -2.38. The van der Waals surface area contributed by atoms with Gasteiger partial charge in [0.2, 0.25) is 0 Å². The van der Waals surface area contributed by atoms with E-state index in [-0.39, 0.29) is 41.0 Å². The van der Waals surface area contributed by atoms with Crippen molar-refractivity contribution in [2.45, 2.75) is 63.3 Å². The van der Waals surface area contributed by atoms with E-state index in [1.165, 1.54) is 6.07 Å². The van der Waals surface area contributed by atoms with Crippen LogP contribution in [0.25, 0.3) is 11.0 Å². The first-order valence-corrected chi connectivity index (χ1v) is 11.2. The highest BCUT2D eigenvalue weighted by molar-refractivity contribution is 5.78. The summed E-state index contributed by atoms with van der Waals surface area (Å²) in [6, 6.07) is 14.4. The second-order valence-electron chi connectivity index (χ2n) is 9.39. The van der Waals surface area contributed by atoms with E-state index in [1.807, 2.05) is 49.1 Å². The number of ether oxygens (including phenoxy) is 1. The number of carbonyl (C=O) groups excluding carboxylic acids is 1. The maximum Gasteiger partial charge on any atom is 0.411 e. The van der Waals surface area contributed by atoms with Gasteiger partial charge in [-0.2, -0.15) is 5.26 Å². The van der Waals surface area contributed by atoms with Crippen LogP contribution in [0.5, 0.6) is 0 Å². The predicted octanol–water partition coefficient (Wildman–Crippen LogP) is 4.80. The van der Waals surface area contributed by atoms with Gasteiger partial charge in [0.05, 0.1) is 17.1 Å². The zero-order chi connectivity index (χ0) is 23.3. The summed E-state index contributed by atoms with van der Waals surface area (Å²) >= 11 is 0. The van der Waals surface area contributed by atoms with Crippen molar-refractivity contribution >= 4 is 17.1 Å². The third kappa shape index (κ3) is 3.39. The molecule has 7 nitrogen and oxygen atoms in total. The van der Waals surface area contributed by atoms with Crippen LogP contribution in [-0.2, 0) is 4.74 Å². The predicted molar refractivity (Wildman–Crippen MR) is 120 cm³/mol. The van der Waals surface area contributed by atoms with E-state index in [4.69, 9.17) is 10.00 Å². The molecule has 2 aliphatic rings. The van der Waals surface area contributed by atoms with Crippen LogP contribution in [0.2, 0.25) is 0 Å². The number of carbonyl (C=O) groups is 1. The lowest BCUT2D eigenvalue weighted by atomic mass is 9.86. The Balaban J connectivity index is 1.41. The lowest BCUT2D eigenvalue weighted by molar-refractivity contribution is 0.0662. The SMILES string of the molecule is CC1(C)OC(=O)N(C2CCC(n3c(=O)[nH]c4c(F)c(C#N)ccc43)CC2)[C@H]1c1ccccc1. The summed E-state index contributed by atoms with van der Waals surface area (Å²) in [7, 11) is 0. The molecule has 1 amide bonds. The van der Waals surface area contributed by atoms with Gasteiger partial charge in [-0.1, -0.05) is 30.3 Å². The van der Waals surface area contributed by atoms with Gasteiger partial charge in [0.1, 0.15) is 17.2 Å². The molecule has 1 aliphatic carbocycles. The van der Waals surface area contributed by atoms with Crippen molar-refractivity contribution in [1.29, 1.82) is 5.26 Å². The normalized spacial score (nSPS) is 24.6. The lowest BCUT2D eigenvalue weighted by Crippen LogP contribution is -2.43.